The Kier molecular flexibility index (Phi) is 5.07. The summed E-state index contributed by atoms with van der Waals surface area (Å²) in [5.41, 5.74) is 2.94. The summed E-state index contributed by atoms with van der Waals surface area (Å²) in [6.45, 7) is 3.15. The highest BCUT2D eigenvalue weighted by Crippen LogP contribution is 2.26. The van der Waals surface area contributed by atoms with Gasteiger partial charge in [-0.2, -0.15) is 0 Å². The molecule has 2 aromatic rings. The third-order valence-corrected chi connectivity index (χ3v) is 4.93. The number of carbonyl (C=O) groups excluding carboxylic acids is 1. The van der Waals surface area contributed by atoms with Gasteiger partial charge in [0.1, 0.15) is 5.82 Å². The molecule has 0 N–H and O–H groups in total. The van der Waals surface area contributed by atoms with E-state index in [4.69, 9.17) is 0 Å². The highest BCUT2D eigenvalue weighted by molar-refractivity contribution is 7.07. The minimum absolute atomic E-state index is 0.163. The zero-order valence-electron chi connectivity index (χ0n) is 13.7. The molecule has 1 aliphatic rings. The van der Waals surface area contributed by atoms with Gasteiger partial charge in [-0.25, -0.2) is 9.97 Å². The Morgan fingerprint density at radius 1 is 1.43 bits per heavy atom. The highest BCUT2D eigenvalue weighted by Gasteiger charge is 2.26. The Morgan fingerprint density at radius 3 is 3.04 bits per heavy atom. The first-order chi connectivity index (χ1) is 11.1. The molecule has 0 bridgehead atoms. The van der Waals surface area contributed by atoms with Crippen LogP contribution in [0.4, 0.5) is 0 Å². The van der Waals surface area contributed by atoms with Crippen LogP contribution in [0.1, 0.15) is 30.3 Å². The van der Waals surface area contributed by atoms with Crippen LogP contribution in [0, 0.1) is 0 Å². The van der Waals surface area contributed by atoms with Crippen molar-refractivity contribution in [1.82, 2.24) is 24.3 Å². The van der Waals surface area contributed by atoms with Crippen molar-refractivity contribution in [2.45, 2.75) is 25.3 Å². The van der Waals surface area contributed by atoms with Crippen molar-refractivity contribution in [3.8, 4) is 0 Å². The van der Waals surface area contributed by atoms with E-state index >= 15 is 0 Å². The van der Waals surface area contributed by atoms with Gasteiger partial charge in [0.2, 0.25) is 5.91 Å². The molecule has 1 unspecified atom stereocenters. The van der Waals surface area contributed by atoms with E-state index in [0.717, 1.165) is 44.0 Å². The molecule has 1 fully saturated rings. The minimum Gasteiger partial charge on any atom is -0.348 e. The zero-order valence-corrected chi connectivity index (χ0v) is 14.5. The second kappa shape index (κ2) is 7.23. The summed E-state index contributed by atoms with van der Waals surface area (Å²) in [6.07, 6.45) is 6.12. The van der Waals surface area contributed by atoms with E-state index in [2.05, 4.69) is 24.8 Å². The number of thiazole rings is 1. The van der Waals surface area contributed by atoms with Crippen LogP contribution in [-0.4, -0.2) is 64.0 Å². The normalized spacial score (nSPS) is 19.0. The molecule has 3 rings (SSSR count). The van der Waals surface area contributed by atoms with E-state index < -0.39 is 0 Å². The van der Waals surface area contributed by atoms with Crippen LogP contribution in [-0.2, 0) is 11.3 Å². The van der Waals surface area contributed by atoms with Gasteiger partial charge in [0.25, 0.3) is 0 Å². The Morgan fingerprint density at radius 2 is 2.30 bits per heavy atom. The lowest BCUT2D eigenvalue weighted by atomic mass is 9.97. The molecule has 0 radical (unpaired) electrons. The molecule has 1 atom stereocenters. The number of likely N-dealkylation sites (tertiary alicyclic amines) is 1. The van der Waals surface area contributed by atoms with E-state index in [0.29, 0.717) is 12.5 Å². The smallest absolute Gasteiger partial charge is 0.236 e. The summed E-state index contributed by atoms with van der Waals surface area (Å²) in [5.74, 6) is 1.66. The molecular weight excluding hydrogens is 310 g/mol. The number of hydrogen-bond acceptors (Lipinski definition) is 5. The van der Waals surface area contributed by atoms with Crippen molar-refractivity contribution in [3.05, 3.63) is 34.8 Å². The van der Waals surface area contributed by atoms with Gasteiger partial charge in [-0.3, -0.25) is 9.69 Å². The first kappa shape index (κ1) is 16.1. The predicted molar refractivity (Wildman–Crippen MR) is 90.6 cm³/mol. The Labute approximate surface area is 140 Å². The fourth-order valence-corrected chi connectivity index (χ4v) is 3.60. The van der Waals surface area contributed by atoms with Crippen molar-refractivity contribution in [2.24, 2.45) is 0 Å². The molecule has 6 nitrogen and oxygen atoms in total. The predicted octanol–water partition coefficient (Wildman–Crippen LogP) is 1.66. The maximum atomic E-state index is 11.9. The van der Waals surface area contributed by atoms with Crippen molar-refractivity contribution in [1.29, 1.82) is 0 Å². The van der Waals surface area contributed by atoms with Crippen LogP contribution in [0.3, 0.4) is 0 Å². The quantitative estimate of drug-likeness (QED) is 0.835. The Hall–Kier alpha value is -1.73. The number of imidazole rings is 1. The third kappa shape index (κ3) is 3.97. The van der Waals surface area contributed by atoms with Gasteiger partial charge in [-0.15, -0.1) is 11.3 Å². The van der Waals surface area contributed by atoms with Crippen LogP contribution >= 0.6 is 11.3 Å². The zero-order chi connectivity index (χ0) is 16.2. The molecule has 7 heteroatoms. The van der Waals surface area contributed by atoms with Gasteiger partial charge < -0.3 is 9.47 Å². The molecule has 0 aromatic carbocycles. The number of carbonyl (C=O) groups is 1. The second-order valence-electron chi connectivity index (χ2n) is 6.26. The molecular formula is C16H23N5OS. The van der Waals surface area contributed by atoms with E-state index in [1.165, 1.54) is 0 Å². The summed E-state index contributed by atoms with van der Waals surface area (Å²) >= 11 is 1.62. The summed E-state index contributed by atoms with van der Waals surface area (Å²) in [5, 5.41) is 2.08. The molecule has 0 spiro atoms. The second-order valence-corrected chi connectivity index (χ2v) is 6.97. The molecule has 1 aliphatic heterocycles. The first-order valence-corrected chi connectivity index (χ1v) is 8.88. The molecule has 3 heterocycles. The van der Waals surface area contributed by atoms with E-state index in [9.17, 15) is 4.79 Å². The van der Waals surface area contributed by atoms with E-state index in [1.807, 2.05) is 32.0 Å². The van der Waals surface area contributed by atoms with Crippen molar-refractivity contribution in [3.63, 3.8) is 0 Å². The molecule has 124 valence electrons. The van der Waals surface area contributed by atoms with Crippen LogP contribution in [0.5, 0.6) is 0 Å². The lowest BCUT2D eigenvalue weighted by molar-refractivity contribution is -0.130. The first-order valence-electron chi connectivity index (χ1n) is 7.94. The number of rotatable bonds is 5. The fourth-order valence-electron chi connectivity index (χ4n) is 3.05. The minimum atomic E-state index is 0.163. The Bertz CT molecular complexity index is 637. The average molecular weight is 333 g/mol. The maximum Gasteiger partial charge on any atom is 0.236 e. The molecule has 0 aliphatic carbocycles. The monoisotopic (exact) mass is 333 g/mol. The number of amides is 1. The summed E-state index contributed by atoms with van der Waals surface area (Å²) in [7, 11) is 3.62. The molecule has 23 heavy (non-hydrogen) atoms. The molecule has 1 saturated heterocycles. The van der Waals surface area contributed by atoms with Gasteiger partial charge in [-0.05, 0) is 19.4 Å². The summed E-state index contributed by atoms with van der Waals surface area (Å²) in [6, 6.07) is 0. The standard InChI is InChI=1S/C16H23N5OS/c1-19(2)15(22)10-20-6-3-4-13(8-20)16-17-5-7-21(16)9-14-11-23-12-18-14/h5,7,11-13H,3-4,6,8-10H2,1-2H3. The van der Waals surface area contributed by atoms with E-state index in [-0.39, 0.29) is 5.91 Å². The Balaban J connectivity index is 1.67. The summed E-state index contributed by atoms with van der Waals surface area (Å²) < 4.78 is 2.19. The molecule has 2 aromatic heterocycles. The van der Waals surface area contributed by atoms with Crippen LogP contribution < -0.4 is 0 Å². The van der Waals surface area contributed by atoms with Crippen molar-refractivity contribution < 1.29 is 4.79 Å². The fraction of sp³-hybridized carbons (Fsp3) is 0.562. The van der Waals surface area contributed by atoms with Crippen molar-refractivity contribution >= 4 is 17.2 Å². The highest BCUT2D eigenvalue weighted by atomic mass is 32.1. The van der Waals surface area contributed by atoms with Gasteiger partial charge in [-0.1, -0.05) is 0 Å². The lowest BCUT2D eigenvalue weighted by Crippen LogP contribution is -2.42. The van der Waals surface area contributed by atoms with Crippen molar-refractivity contribution in [2.75, 3.05) is 33.7 Å². The average Bonchev–Trinajstić information content (AvgIpc) is 3.19. The number of piperidine rings is 1. The largest absolute Gasteiger partial charge is 0.348 e. The van der Waals surface area contributed by atoms with Crippen LogP contribution in [0.2, 0.25) is 0 Å². The number of aromatic nitrogens is 3. The van der Waals surface area contributed by atoms with Gasteiger partial charge >= 0.3 is 0 Å². The lowest BCUT2D eigenvalue weighted by Gasteiger charge is -2.32. The van der Waals surface area contributed by atoms with Crippen LogP contribution in [0.15, 0.2) is 23.3 Å². The topological polar surface area (TPSA) is 54.3 Å². The van der Waals surface area contributed by atoms with Crippen LogP contribution in [0.25, 0.3) is 0 Å². The van der Waals surface area contributed by atoms with E-state index in [1.54, 1.807) is 16.2 Å². The molecule has 0 saturated carbocycles. The number of nitrogens with zero attached hydrogens (tertiary/aromatic N) is 5. The van der Waals surface area contributed by atoms with Gasteiger partial charge in [0.15, 0.2) is 0 Å². The maximum absolute atomic E-state index is 11.9. The SMILES string of the molecule is CN(C)C(=O)CN1CCCC(c2nccn2Cc2cscn2)C1. The van der Waals surface area contributed by atoms with Gasteiger partial charge in [0, 0.05) is 44.3 Å². The van der Waals surface area contributed by atoms with Gasteiger partial charge in [0.05, 0.1) is 24.3 Å². The third-order valence-electron chi connectivity index (χ3n) is 4.29. The molecule has 1 amide bonds. The summed E-state index contributed by atoms with van der Waals surface area (Å²) in [4.78, 5) is 24.8. The number of hydrogen-bond donors (Lipinski definition) is 0. The number of likely N-dealkylation sites (N-methyl/N-ethyl adjacent to an activating group) is 1.